The number of benzene rings is 1. The first kappa shape index (κ1) is 16.0. The molecule has 0 N–H and O–H groups in total. The minimum atomic E-state index is 0.595. The molecule has 19 heavy (non-hydrogen) atoms. The van der Waals surface area contributed by atoms with Crippen molar-refractivity contribution < 1.29 is 4.74 Å². The van der Waals surface area contributed by atoms with Gasteiger partial charge in [0.25, 0.3) is 0 Å². The molecule has 104 valence electrons. The van der Waals surface area contributed by atoms with Crippen molar-refractivity contribution in [3.63, 3.8) is 0 Å². The summed E-state index contributed by atoms with van der Waals surface area (Å²) in [6, 6.07) is 7.70. The van der Waals surface area contributed by atoms with Crippen LogP contribution in [0.1, 0.15) is 57.4 Å². The molecule has 2 nitrogen and oxygen atoms in total. The minimum absolute atomic E-state index is 0.595. The Morgan fingerprint density at radius 2 is 1.79 bits per heavy atom. The molecule has 0 radical (unpaired) electrons. The van der Waals surface area contributed by atoms with Crippen LogP contribution in [-0.2, 0) is 0 Å². The smallest absolute Gasteiger partial charge is 0.137 e. The highest BCUT2D eigenvalue weighted by Gasteiger charge is 2.03. The van der Waals surface area contributed by atoms with Crippen LogP contribution in [0.4, 0.5) is 0 Å². The Morgan fingerprint density at radius 3 is 2.47 bits per heavy atom. The van der Waals surface area contributed by atoms with Gasteiger partial charge in [0.05, 0.1) is 12.2 Å². The van der Waals surface area contributed by atoms with Crippen LogP contribution in [0.3, 0.4) is 0 Å². The highest BCUT2D eigenvalue weighted by atomic mass is 79.9. The van der Waals surface area contributed by atoms with Crippen molar-refractivity contribution in [2.75, 3.05) is 6.61 Å². The lowest BCUT2D eigenvalue weighted by molar-refractivity contribution is 0.303. The first-order valence-electron chi connectivity index (χ1n) is 7.10. The van der Waals surface area contributed by atoms with E-state index in [9.17, 15) is 0 Å². The molecule has 0 fully saturated rings. The molecule has 0 spiro atoms. The number of halogens is 1. The van der Waals surface area contributed by atoms with Crippen molar-refractivity contribution in [1.29, 1.82) is 5.26 Å². The van der Waals surface area contributed by atoms with Gasteiger partial charge in [-0.15, -0.1) is 0 Å². The van der Waals surface area contributed by atoms with Gasteiger partial charge in [0, 0.05) is 4.47 Å². The molecule has 0 heterocycles. The largest absolute Gasteiger partial charge is 0.492 e. The summed E-state index contributed by atoms with van der Waals surface area (Å²) >= 11 is 3.35. The number of hydrogen-bond acceptors (Lipinski definition) is 2. The van der Waals surface area contributed by atoms with E-state index in [0.29, 0.717) is 17.9 Å². The summed E-state index contributed by atoms with van der Waals surface area (Å²) in [5, 5.41) is 9.02. The topological polar surface area (TPSA) is 33.0 Å². The molecule has 0 aliphatic heterocycles. The van der Waals surface area contributed by atoms with Crippen molar-refractivity contribution in [2.45, 2.75) is 51.9 Å². The normalized spacial score (nSPS) is 10.2. The molecule has 1 aromatic carbocycles. The second-order valence-corrected chi connectivity index (χ2v) is 5.64. The van der Waals surface area contributed by atoms with Crippen LogP contribution in [0.5, 0.6) is 5.75 Å². The highest BCUT2D eigenvalue weighted by Crippen LogP contribution is 2.22. The summed E-state index contributed by atoms with van der Waals surface area (Å²) in [6.07, 6.45) is 8.88. The molecule has 0 bridgehead atoms. The van der Waals surface area contributed by atoms with Crippen molar-refractivity contribution in [2.24, 2.45) is 0 Å². The summed E-state index contributed by atoms with van der Waals surface area (Å²) in [5.41, 5.74) is 0.595. The number of nitrogens with zero attached hydrogens (tertiary/aromatic N) is 1. The van der Waals surface area contributed by atoms with Gasteiger partial charge in [0.2, 0.25) is 0 Å². The first-order chi connectivity index (χ1) is 9.27. The fraction of sp³-hybridized carbons (Fsp3) is 0.562. The number of hydrogen-bond donors (Lipinski definition) is 0. The zero-order chi connectivity index (χ0) is 13.9. The Balaban J connectivity index is 2.18. The van der Waals surface area contributed by atoms with Crippen LogP contribution in [0.25, 0.3) is 0 Å². The summed E-state index contributed by atoms with van der Waals surface area (Å²) in [4.78, 5) is 0. The van der Waals surface area contributed by atoms with Crippen LogP contribution in [0.2, 0.25) is 0 Å². The molecule has 0 unspecified atom stereocenters. The maximum absolute atomic E-state index is 9.02. The molecule has 3 heteroatoms. The van der Waals surface area contributed by atoms with Gasteiger partial charge in [-0.2, -0.15) is 5.26 Å². The van der Waals surface area contributed by atoms with E-state index in [1.807, 2.05) is 12.1 Å². The molecule has 0 atom stereocenters. The van der Waals surface area contributed by atoms with Crippen molar-refractivity contribution in [3.05, 3.63) is 28.2 Å². The van der Waals surface area contributed by atoms with Gasteiger partial charge >= 0.3 is 0 Å². The molecule has 1 rings (SSSR count). The van der Waals surface area contributed by atoms with Crippen molar-refractivity contribution >= 4 is 15.9 Å². The summed E-state index contributed by atoms with van der Waals surface area (Å²) in [6.45, 7) is 2.93. The monoisotopic (exact) mass is 323 g/mol. The van der Waals surface area contributed by atoms with Crippen LogP contribution in [0.15, 0.2) is 22.7 Å². The van der Waals surface area contributed by atoms with Crippen LogP contribution in [0, 0.1) is 11.3 Å². The van der Waals surface area contributed by atoms with E-state index in [4.69, 9.17) is 10.00 Å². The molecule has 0 aliphatic carbocycles. The molecule has 0 aliphatic rings. The third kappa shape index (κ3) is 6.63. The second-order valence-electron chi connectivity index (χ2n) is 4.72. The van der Waals surface area contributed by atoms with Gasteiger partial charge in [0.1, 0.15) is 11.8 Å². The molecular formula is C16H22BrNO. The van der Waals surface area contributed by atoms with Gasteiger partial charge in [-0.3, -0.25) is 0 Å². The van der Waals surface area contributed by atoms with Crippen LogP contribution >= 0.6 is 15.9 Å². The number of ether oxygens (including phenoxy) is 1. The van der Waals surface area contributed by atoms with E-state index in [2.05, 4.69) is 28.9 Å². The van der Waals surface area contributed by atoms with Gasteiger partial charge in [-0.05, 0) is 24.6 Å². The van der Waals surface area contributed by atoms with E-state index in [1.54, 1.807) is 6.07 Å². The predicted molar refractivity (Wildman–Crippen MR) is 82.3 cm³/mol. The van der Waals surface area contributed by atoms with Crippen molar-refractivity contribution in [1.82, 2.24) is 0 Å². The maximum atomic E-state index is 9.02. The maximum Gasteiger partial charge on any atom is 0.137 e. The quantitative estimate of drug-likeness (QED) is 0.566. The lowest BCUT2D eigenvalue weighted by Gasteiger charge is -2.08. The average Bonchev–Trinajstić information content (AvgIpc) is 2.43. The zero-order valence-electron chi connectivity index (χ0n) is 11.6. The summed E-state index contributed by atoms with van der Waals surface area (Å²) in [7, 11) is 0. The van der Waals surface area contributed by atoms with Crippen molar-refractivity contribution in [3.8, 4) is 11.8 Å². The predicted octanol–water partition coefficient (Wildman–Crippen LogP) is 5.45. The van der Waals surface area contributed by atoms with Gasteiger partial charge in [0.15, 0.2) is 0 Å². The Labute approximate surface area is 124 Å². The lowest BCUT2D eigenvalue weighted by Crippen LogP contribution is -1.99. The Kier molecular flexibility index (Phi) is 8.33. The van der Waals surface area contributed by atoms with Gasteiger partial charge in [-0.1, -0.05) is 61.4 Å². The fourth-order valence-corrected chi connectivity index (χ4v) is 2.32. The fourth-order valence-electron chi connectivity index (χ4n) is 1.96. The van der Waals surface area contributed by atoms with Crippen LogP contribution in [-0.4, -0.2) is 6.61 Å². The number of unbranched alkanes of at least 4 members (excludes halogenated alkanes) is 6. The molecule has 0 saturated heterocycles. The Bertz CT molecular complexity index is 412. The zero-order valence-corrected chi connectivity index (χ0v) is 13.2. The van der Waals surface area contributed by atoms with E-state index in [0.717, 1.165) is 10.9 Å². The Hall–Kier alpha value is -1.01. The Morgan fingerprint density at radius 1 is 1.11 bits per heavy atom. The molecule has 0 saturated carbocycles. The average molecular weight is 324 g/mol. The lowest BCUT2D eigenvalue weighted by atomic mass is 10.1. The van der Waals surface area contributed by atoms with E-state index < -0.39 is 0 Å². The van der Waals surface area contributed by atoms with Crippen LogP contribution < -0.4 is 4.74 Å². The number of rotatable bonds is 9. The first-order valence-corrected chi connectivity index (χ1v) is 7.89. The third-order valence-corrected chi connectivity index (χ3v) is 3.56. The van der Waals surface area contributed by atoms with Gasteiger partial charge < -0.3 is 4.74 Å². The third-order valence-electron chi connectivity index (χ3n) is 3.07. The minimum Gasteiger partial charge on any atom is -0.492 e. The highest BCUT2D eigenvalue weighted by molar-refractivity contribution is 9.10. The van der Waals surface area contributed by atoms with E-state index in [1.165, 1.54) is 38.5 Å². The molecular weight excluding hydrogens is 302 g/mol. The molecule has 0 aromatic heterocycles. The number of nitriles is 1. The standard InChI is InChI=1S/C16H22BrNO/c1-2-3-4-5-6-7-8-11-19-16-10-9-15(17)12-14(16)13-18/h9-10,12H,2-8,11H2,1H3. The summed E-state index contributed by atoms with van der Waals surface area (Å²) < 4.78 is 6.58. The van der Waals surface area contributed by atoms with Gasteiger partial charge in [-0.25, -0.2) is 0 Å². The molecule has 1 aromatic rings. The SMILES string of the molecule is CCCCCCCCCOc1ccc(Br)cc1C#N. The van der Waals surface area contributed by atoms with E-state index >= 15 is 0 Å². The second kappa shape index (κ2) is 9.86. The molecule has 0 amide bonds. The van der Waals surface area contributed by atoms with E-state index in [-0.39, 0.29) is 0 Å². The summed E-state index contributed by atoms with van der Waals surface area (Å²) in [5.74, 6) is 0.691.